The van der Waals surface area contributed by atoms with Crippen molar-refractivity contribution in [3.05, 3.63) is 33.6 Å². The minimum Gasteiger partial charge on any atom is -0.292 e. The Morgan fingerprint density at radius 1 is 1.18 bits per heavy atom. The molecule has 1 saturated carbocycles. The summed E-state index contributed by atoms with van der Waals surface area (Å²) in [4.78, 5) is 32.3. The second kappa shape index (κ2) is 5.39. The van der Waals surface area contributed by atoms with Gasteiger partial charge in [-0.2, -0.15) is 0 Å². The average molecular weight is 320 g/mol. The Kier molecular flexibility index (Phi) is 3.68. The van der Waals surface area contributed by atoms with E-state index < -0.39 is 0 Å². The first-order chi connectivity index (χ1) is 10.4. The maximum absolute atomic E-state index is 12.8. The number of pyridine rings is 1. The Labute approximate surface area is 134 Å². The Morgan fingerprint density at radius 3 is 2.45 bits per heavy atom. The zero-order valence-corrected chi connectivity index (χ0v) is 13.7. The van der Waals surface area contributed by atoms with Crippen LogP contribution in [0.4, 0.5) is 10.6 Å². The smallest absolute Gasteiger partial charge is 0.292 e. The number of urea groups is 1. The van der Waals surface area contributed by atoms with Crippen molar-refractivity contribution in [2.45, 2.75) is 39.5 Å². The molecule has 0 bridgehead atoms. The minimum atomic E-state index is -0.350. The molecule has 0 spiro atoms. The number of allylic oxidation sites excluding steroid dienone is 1. The SMILES string of the molecule is Cc1cc(Cl)c(C)nc1N1C(=O)C(=C2CCCC2)N(C)C1=O. The fraction of sp³-hybridized carbons (Fsp3) is 0.438. The van der Waals surface area contributed by atoms with Gasteiger partial charge in [0.25, 0.3) is 5.91 Å². The Balaban J connectivity index is 2.09. The number of halogens is 1. The number of carbonyl (C=O) groups excluding carboxylic acids is 2. The van der Waals surface area contributed by atoms with E-state index >= 15 is 0 Å². The lowest BCUT2D eigenvalue weighted by molar-refractivity contribution is -0.114. The van der Waals surface area contributed by atoms with Gasteiger partial charge < -0.3 is 0 Å². The second-order valence-corrected chi connectivity index (χ2v) is 6.24. The Bertz CT molecular complexity index is 704. The van der Waals surface area contributed by atoms with E-state index in [2.05, 4.69) is 4.98 Å². The van der Waals surface area contributed by atoms with Crippen LogP contribution in [0.15, 0.2) is 17.3 Å². The largest absolute Gasteiger partial charge is 0.337 e. The molecule has 0 unspecified atom stereocenters. The summed E-state index contributed by atoms with van der Waals surface area (Å²) < 4.78 is 0. The molecule has 2 heterocycles. The van der Waals surface area contributed by atoms with E-state index in [1.807, 2.05) is 0 Å². The van der Waals surface area contributed by atoms with Gasteiger partial charge in [0.1, 0.15) is 11.5 Å². The van der Waals surface area contributed by atoms with Crippen molar-refractivity contribution in [1.29, 1.82) is 0 Å². The van der Waals surface area contributed by atoms with Crippen molar-refractivity contribution in [1.82, 2.24) is 9.88 Å². The van der Waals surface area contributed by atoms with Gasteiger partial charge in [-0.15, -0.1) is 0 Å². The van der Waals surface area contributed by atoms with Crippen LogP contribution < -0.4 is 4.90 Å². The lowest BCUT2D eigenvalue weighted by Gasteiger charge is -2.15. The Morgan fingerprint density at radius 2 is 1.82 bits per heavy atom. The predicted octanol–water partition coefficient (Wildman–Crippen LogP) is 3.58. The van der Waals surface area contributed by atoms with E-state index in [4.69, 9.17) is 11.6 Å². The first-order valence-corrected chi connectivity index (χ1v) is 7.77. The van der Waals surface area contributed by atoms with Crippen LogP contribution in [-0.2, 0) is 4.79 Å². The number of likely N-dealkylation sites (N-methyl/N-ethyl adjacent to an activating group) is 1. The summed E-state index contributed by atoms with van der Waals surface area (Å²) in [6, 6.07) is 1.39. The maximum atomic E-state index is 12.8. The summed E-state index contributed by atoms with van der Waals surface area (Å²) in [7, 11) is 1.65. The fourth-order valence-electron chi connectivity index (χ4n) is 3.08. The second-order valence-electron chi connectivity index (χ2n) is 5.84. The Hall–Kier alpha value is -1.88. The van der Waals surface area contributed by atoms with Crippen LogP contribution in [0.2, 0.25) is 5.02 Å². The first kappa shape index (κ1) is 15.0. The number of nitrogens with zero attached hydrogens (tertiary/aromatic N) is 3. The third-order valence-corrected chi connectivity index (χ3v) is 4.67. The predicted molar refractivity (Wildman–Crippen MR) is 84.9 cm³/mol. The van der Waals surface area contributed by atoms with Gasteiger partial charge in [-0.25, -0.2) is 14.7 Å². The molecule has 2 fully saturated rings. The van der Waals surface area contributed by atoms with Gasteiger partial charge in [0.2, 0.25) is 0 Å². The van der Waals surface area contributed by atoms with Crippen LogP contribution in [0.25, 0.3) is 0 Å². The highest BCUT2D eigenvalue weighted by Gasteiger charge is 2.43. The number of rotatable bonds is 1. The van der Waals surface area contributed by atoms with E-state index in [1.54, 1.807) is 27.0 Å². The molecule has 2 aliphatic rings. The molecule has 3 amide bonds. The molecule has 1 aliphatic heterocycles. The van der Waals surface area contributed by atoms with Crippen LogP contribution in [-0.4, -0.2) is 28.9 Å². The van der Waals surface area contributed by atoms with E-state index in [-0.39, 0.29) is 11.9 Å². The molecule has 0 aromatic carbocycles. The summed E-state index contributed by atoms with van der Waals surface area (Å²) >= 11 is 6.06. The summed E-state index contributed by atoms with van der Waals surface area (Å²) in [6.45, 7) is 3.56. The molecule has 5 nitrogen and oxygen atoms in total. The average Bonchev–Trinajstić information content (AvgIpc) is 3.04. The van der Waals surface area contributed by atoms with Crippen LogP contribution in [0.1, 0.15) is 36.9 Å². The van der Waals surface area contributed by atoms with E-state index in [9.17, 15) is 9.59 Å². The molecule has 0 N–H and O–H groups in total. The lowest BCUT2D eigenvalue weighted by atomic mass is 10.1. The number of anilines is 1. The number of carbonyl (C=O) groups is 2. The minimum absolute atomic E-state index is 0.276. The van der Waals surface area contributed by atoms with E-state index in [0.717, 1.165) is 31.3 Å². The van der Waals surface area contributed by atoms with Gasteiger partial charge in [0.05, 0.1) is 10.7 Å². The third-order valence-electron chi connectivity index (χ3n) is 4.29. The lowest BCUT2D eigenvalue weighted by Crippen LogP contribution is -2.32. The number of amides is 3. The van der Waals surface area contributed by atoms with Crippen molar-refractivity contribution >= 4 is 29.4 Å². The van der Waals surface area contributed by atoms with Crippen molar-refractivity contribution in [3.8, 4) is 0 Å². The summed E-state index contributed by atoms with van der Waals surface area (Å²) in [5, 5.41) is 0.531. The summed E-state index contributed by atoms with van der Waals surface area (Å²) in [6.07, 6.45) is 3.92. The van der Waals surface area contributed by atoms with E-state index in [1.165, 1.54) is 9.80 Å². The summed E-state index contributed by atoms with van der Waals surface area (Å²) in [5.74, 6) is 0.0964. The number of hydrogen-bond donors (Lipinski definition) is 0. The molecule has 1 aliphatic carbocycles. The van der Waals surface area contributed by atoms with Crippen LogP contribution in [0, 0.1) is 13.8 Å². The molecule has 22 heavy (non-hydrogen) atoms. The molecule has 1 saturated heterocycles. The molecule has 116 valence electrons. The molecule has 6 heteroatoms. The standard InChI is InChI=1S/C16H18ClN3O2/c1-9-8-12(17)10(2)18-14(9)20-15(21)13(19(3)16(20)22)11-6-4-5-7-11/h8H,4-7H2,1-3H3. The quantitative estimate of drug-likeness (QED) is 0.587. The normalized spacial score (nSPS) is 18.9. The number of hydrogen-bond acceptors (Lipinski definition) is 3. The van der Waals surface area contributed by atoms with Gasteiger partial charge in [-0.1, -0.05) is 11.6 Å². The zero-order chi connectivity index (χ0) is 16.0. The highest BCUT2D eigenvalue weighted by Crippen LogP contribution is 2.35. The molecule has 1 aromatic heterocycles. The van der Waals surface area contributed by atoms with Gasteiger partial charge >= 0.3 is 6.03 Å². The van der Waals surface area contributed by atoms with Crippen molar-refractivity contribution in [2.75, 3.05) is 11.9 Å². The highest BCUT2D eigenvalue weighted by atomic mass is 35.5. The maximum Gasteiger partial charge on any atom is 0.337 e. The fourth-order valence-corrected chi connectivity index (χ4v) is 3.29. The number of imide groups is 1. The van der Waals surface area contributed by atoms with Gasteiger partial charge in [0.15, 0.2) is 0 Å². The molecular formula is C16H18ClN3O2. The van der Waals surface area contributed by atoms with Crippen LogP contribution in [0.5, 0.6) is 0 Å². The van der Waals surface area contributed by atoms with Crippen molar-refractivity contribution in [2.24, 2.45) is 0 Å². The van der Waals surface area contributed by atoms with Gasteiger partial charge in [-0.05, 0) is 56.7 Å². The molecule has 0 atom stereocenters. The van der Waals surface area contributed by atoms with Crippen molar-refractivity contribution < 1.29 is 9.59 Å². The number of aromatic nitrogens is 1. The zero-order valence-electron chi connectivity index (χ0n) is 12.9. The third kappa shape index (κ3) is 2.20. The van der Waals surface area contributed by atoms with Crippen LogP contribution in [0.3, 0.4) is 0 Å². The molecule has 3 rings (SSSR count). The van der Waals surface area contributed by atoms with Crippen LogP contribution >= 0.6 is 11.6 Å². The van der Waals surface area contributed by atoms with E-state index in [0.29, 0.717) is 27.8 Å². The van der Waals surface area contributed by atoms with Crippen molar-refractivity contribution in [3.63, 3.8) is 0 Å². The number of aryl methyl sites for hydroxylation is 2. The van der Waals surface area contributed by atoms with Gasteiger partial charge in [0, 0.05) is 7.05 Å². The molecule has 0 radical (unpaired) electrons. The monoisotopic (exact) mass is 319 g/mol. The molecule has 1 aromatic rings. The highest BCUT2D eigenvalue weighted by molar-refractivity contribution is 6.31. The van der Waals surface area contributed by atoms with Gasteiger partial charge in [-0.3, -0.25) is 9.69 Å². The topological polar surface area (TPSA) is 53.5 Å². The summed E-state index contributed by atoms with van der Waals surface area (Å²) in [5.41, 5.74) is 2.92. The first-order valence-electron chi connectivity index (χ1n) is 7.39. The molecular weight excluding hydrogens is 302 g/mol.